The Hall–Kier alpha value is -4.38. The van der Waals surface area contributed by atoms with Gasteiger partial charge < -0.3 is 14.2 Å². The number of esters is 1. The molecule has 0 bridgehead atoms. The quantitative estimate of drug-likeness (QED) is 0.218. The maximum Gasteiger partial charge on any atom is 0.344 e. The number of carbonyl (C=O) groups excluding carboxylic acids is 2. The molecule has 3 aromatic rings. The number of rotatable bonds is 11. The highest BCUT2D eigenvalue weighted by molar-refractivity contribution is 7.92. The highest BCUT2D eigenvalue weighted by atomic mass is 32.2. The molecule has 0 radical (unpaired) electrons. The highest BCUT2D eigenvalue weighted by Gasteiger charge is 2.27. The number of amides is 1. The standard InChI is InChI=1S/C28H31N3O7S/c1-28(2,3)38-27(33)20-37-23-15-13-21(14-16-23)18-29-30-26(32)19-31(22-9-8-10-24(17-22)36-4)39(34,35)25-11-6-5-7-12-25/h5-18H,19-20H2,1-4H3,(H,30,32)/b29-18-. The lowest BCUT2D eigenvalue weighted by Crippen LogP contribution is -2.39. The van der Waals surface area contributed by atoms with Gasteiger partial charge in [0.05, 0.1) is 23.9 Å². The van der Waals surface area contributed by atoms with E-state index in [1.807, 2.05) is 0 Å². The summed E-state index contributed by atoms with van der Waals surface area (Å²) in [5.41, 5.74) is 2.67. The topological polar surface area (TPSA) is 124 Å². The van der Waals surface area contributed by atoms with Crippen molar-refractivity contribution >= 4 is 33.8 Å². The number of hydrazone groups is 1. The Kier molecular flexibility index (Phi) is 9.67. The fraction of sp³-hybridized carbons (Fsp3) is 0.250. The van der Waals surface area contributed by atoms with Crippen molar-refractivity contribution in [2.24, 2.45) is 5.10 Å². The van der Waals surface area contributed by atoms with E-state index < -0.39 is 34.0 Å². The van der Waals surface area contributed by atoms with Gasteiger partial charge in [-0.15, -0.1) is 0 Å². The van der Waals surface area contributed by atoms with Gasteiger partial charge >= 0.3 is 5.97 Å². The van der Waals surface area contributed by atoms with Gasteiger partial charge in [-0.2, -0.15) is 5.10 Å². The van der Waals surface area contributed by atoms with Crippen LogP contribution in [0.25, 0.3) is 0 Å². The number of anilines is 1. The van der Waals surface area contributed by atoms with E-state index in [0.717, 1.165) is 4.31 Å². The number of nitrogens with zero attached hydrogens (tertiary/aromatic N) is 2. The van der Waals surface area contributed by atoms with Crippen molar-refractivity contribution in [1.29, 1.82) is 0 Å². The lowest BCUT2D eigenvalue weighted by molar-refractivity contribution is -0.157. The lowest BCUT2D eigenvalue weighted by atomic mass is 10.2. The molecule has 0 aromatic heterocycles. The maximum absolute atomic E-state index is 13.4. The molecule has 0 aliphatic carbocycles. The minimum atomic E-state index is -4.06. The van der Waals surface area contributed by atoms with Gasteiger partial charge in [0, 0.05) is 6.07 Å². The third-order valence-electron chi connectivity index (χ3n) is 5.02. The summed E-state index contributed by atoms with van der Waals surface area (Å²) >= 11 is 0. The number of ether oxygens (including phenoxy) is 3. The van der Waals surface area contributed by atoms with Crippen LogP contribution in [0.5, 0.6) is 11.5 Å². The zero-order valence-corrected chi connectivity index (χ0v) is 23.0. The van der Waals surface area contributed by atoms with Crippen LogP contribution in [0.4, 0.5) is 5.69 Å². The van der Waals surface area contributed by atoms with Gasteiger partial charge in [0.15, 0.2) is 6.61 Å². The minimum Gasteiger partial charge on any atom is -0.497 e. The number of sulfonamides is 1. The number of hydrogen-bond acceptors (Lipinski definition) is 8. The smallest absolute Gasteiger partial charge is 0.344 e. The summed E-state index contributed by atoms with van der Waals surface area (Å²) in [7, 11) is -2.59. The normalized spacial score (nSPS) is 11.6. The van der Waals surface area contributed by atoms with Crippen LogP contribution in [0.15, 0.2) is 88.9 Å². The zero-order chi connectivity index (χ0) is 28.5. The number of carbonyl (C=O) groups is 2. The van der Waals surface area contributed by atoms with Crippen molar-refractivity contribution in [3.05, 3.63) is 84.4 Å². The van der Waals surface area contributed by atoms with Crippen molar-refractivity contribution in [2.45, 2.75) is 31.3 Å². The van der Waals surface area contributed by atoms with Gasteiger partial charge in [0.1, 0.15) is 23.6 Å². The van der Waals surface area contributed by atoms with Crippen molar-refractivity contribution < 1.29 is 32.2 Å². The van der Waals surface area contributed by atoms with Gasteiger partial charge in [0.2, 0.25) is 0 Å². The monoisotopic (exact) mass is 553 g/mol. The summed E-state index contributed by atoms with van der Waals surface area (Å²) < 4.78 is 43.6. The van der Waals surface area contributed by atoms with Gasteiger partial charge in [-0.25, -0.2) is 18.6 Å². The third kappa shape index (κ3) is 8.85. The number of benzene rings is 3. The number of hydrogen-bond donors (Lipinski definition) is 1. The molecule has 0 unspecified atom stereocenters. The fourth-order valence-electron chi connectivity index (χ4n) is 3.31. The first-order valence-electron chi connectivity index (χ1n) is 12.0. The van der Waals surface area contributed by atoms with E-state index in [1.165, 1.54) is 31.5 Å². The Labute approximate surface area is 228 Å². The highest BCUT2D eigenvalue weighted by Crippen LogP contribution is 2.26. The van der Waals surface area contributed by atoms with Crippen LogP contribution >= 0.6 is 0 Å². The maximum atomic E-state index is 13.4. The minimum absolute atomic E-state index is 0.0399. The van der Waals surface area contributed by atoms with Crippen LogP contribution in [0.2, 0.25) is 0 Å². The first kappa shape index (κ1) is 29.2. The Morgan fingerprint density at radius 2 is 1.64 bits per heavy atom. The molecule has 0 saturated carbocycles. The molecule has 10 nitrogen and oxygen atoms in total. The molecular formula is C28H31N3O7S. The third-order valence-corrected chi connectivity index (χ3v) is 6.81. The number of nitrogens with one attached hydrogen (secondary N) is 1. The molecule has 0 fully saturated rings. The first-order valence-corrected chi connectivity index (χ1v) is 13.4. The summed E-state index contributed by atoms with van der Waals surface area (Å²) in [6.07, 6.45) is 1.40. The Bertz CT molecular complexity index is 1400. The molecule has 3 rings (SSSR count). The van der Waals surface area contributed by atoms with E-state index in [1.54, 1.807) is 81.4 Å². The van der Waals surface area contributed by atoms with Crippen molar-refractivity contribution in [2.75, 3.05) is 24.6 Å². The van der Waals surface area contributed by atoms with E-state index in [-0.39, 0.29) is 17.2 Å². The molecular weight excluding hydrogens is 522 g/mol. The lowest BCUT2D eigenvalue weighted by Gasteiger charge is -2.24. The van der Waals surface area contributed by atoms with E-state index >= 15 is 0 Å². The van der Waals surface area contributed by atoms with Gasteiger partial charge in [-0.1, -0.05) is 24.3 Å². The molecule has 0 saturated heterocycles. The summed E-state index contributed by atoms with van der Waals surface area (Å²) in [6, 6.07) is 20.9. The first-order chi connectivity index (χ1) is 18.5. The molecule has 206 valence electrons. The molecule has 0 heterocycles. The second-order valence-electron chi connectivity index (χ2n) is 9.26. The molecule has 0 aliphatic rings. The van der Waals surface area contributed by atoms with E-state index in [2.05, 4.69) is 10.5 Å². The van der Waals surface area contributed by atoms with Crippen LogP contribution in [-0.2, 0) is 24.3 Å². The molecule has 11 heteroatoms. The van der Waals surface area contributed by atoms with E-state index in [0.29, 0.717) is 17.1 Å². The summed E-state index contributed by atoms with van der Waals surface area (Å²) in [6.45, 7) is 4.58. The fourth-order valence-corrected chi connectivity index (χ4v) is 4.74. The molecule has 0 aliphatic heterocycles. The van der Waals surface area contributed by atoms with Crippen LogP contribution in [0, 0.1) is 0 Å². The van der Waals surface area contributed by atoms with Gasteiger partial charge in [-0.05, 0) is 74.9 Å². The summed E-state index contributed by atoms with van der Waals surface area (Å²) in [5, 5.41) is 3.94. The van der Waals surface area contributed by atoms with Gasteiger partial charge in [-0.3, -0.25) is 9.10 Å². The van der Waals surface area contributed by atoms with Gasteiger partial charge in [0.25, 0.3) is 15.9 Å². The Morgan fingerprint density at radius 3 is 2.28 bits per heavy atom. The van der Waals surface area contributed by atoms with Crippen molar-refractivity contribution in [3.8, 4) is 11.5 Å². The molecule has 0 spiro atoms. The molecule has 0 atom stereocenters. The Balaban J connectivity index is 1.65. The Morgan fingerprint density at radius 1 is 0.949 bits per heavy atom. The van der Waals surface area contributed by atoms with Crippen LogP contribution in [0.3, 0.4) is 0 Å². The number of methoxy groups -OCH3 is 1. The SMILES string of the molecule is COc1cccc(N(CC(=O)N/N=C\c2ccc(OCC(=O)OC(C)(C)C)cc2)S(=O)(=O)c2ccccc2)c1. The predicted molar refractivity (Wildman–Crippen MR) is 147 cm³/mol. The molecule has 3 aromatic carbocycles. The van der Waals surface area contributed by atoms with Crippen LogP contribution in [0.1, 0.15) is 26.3 Å². The zero-order valence-electron chi connectivity index (χ0n) is 22.2. The summed E-state index contributed by atoms with van der Waals surface area (Å²) in [4.78, 5) is 24.6. The van der Waals surface area contributed by atoms with Crippen LogP contribution in [-0.4, -0.2) is 52.4 Å². The van der Waals surface area contributed by atoms with Crippen molar-refractivity contribution in [1.82, 2.24) is 5.43 Å². The average molecular weight is 554 g/mol. The predicted octanol–water partition coefficient (Wildman–Crippen LogP) is 3.76. The second kappa shape index (κ2) is 12.9. The van der Waals surface area contributed by atoms with Crippen LogP contribution < -0.4 is 19.2 Å². The second-order valence-corrected chi connectivity index (χ2v) is 11.1. The largest absolute Gasteiger partial charge is 0.497 e. The average Bonchev–Trinajstić information content (AvgIpc) is 2.91. The molecule has 1 N–H and O–H groups in total. The molecule has 1 amide bonds. The van der Waals surface area contributed by atoms with E-state index in [9.17, 15) is 18.0 Å². The molecule has 39 heavy (non-hydrogen) atoms. The van der Waals surface area contributed by atoms with Crippen molar-refractivity contribution in [3.63, 3.8) is 0 Å². The van der Waals surface area contributed by atoms with E-state index in [4.69, 9.17) is 14.2 Å². The summed E-state index contributed by atoms with van der Waals surface area (Å²) in [5.74, 6) is -0.223.